The molecule has 6 nitrogen and oxygen atoms in total. The van der Waals surface area contributed by atoms with Crippen LogP contribution in [0, 0.1) is 29.1 Å². The van der Waals surface area contributed by atoms with Gasteiger partial charge >= 0.3 is 11.9 Å². The Morgan fingerprint density at radius 1 is 0.608 bits per heavy atom. The summed E-state index contributed by atoms with van der Waals surface area (Å²) in [7, 11) is 0. The Morgan fingerprint density at radius 2 is 1.06 bits per heavy atom. The molecule has 1 aliphatic carbocycles. The maximum absolute atomic E-state index is 13.4. The standard InChI is InChI=1S/C45H85NO5/c1-7-10-13-14-15-16-19-24-29-38(42(45(4,5)6)51-44(49)40-33-32-39(36-40)43(46)48)30-25-20-17-18-21-26-31-41(47)50-35-34-37(27-22-11-8-2)28-23-12-9-3/h37-40,42H,7-36H2,1-6H3,(H2,46,48). The molecule has 0 bridgehead atoms. The number of primary amides is 1. The summed E-state index contributed by atoms with van der Waals surface area (Å²) in [5.74, 6) is 0.186. The Bertz CT molecular complexity index is 872. The van der Waals surface area contributed by atoms with E-state index in [0.717, 1.165) is 44.9 Å². The van der Waals surface area contributed by atoms with E-state index >= 15 is 0 Å². The summed E-state index contributed by atoms with van der Waals surface area (Å²) in [4.78, 5) is 37.5. The van der Waals surface area contributed by atoms with Crippen molar-refractivity contribution >= 4 is 17.8 Å². The van der Waals surface area contributed by atoms with Crippen molar-refractivity contribution in [3.8, 4) is 0 Å². The van der Waals surface area contributed by atoms with Gasteiger partial charge in [-0.2, -0.15) is 0 Å². The van der Waals surface area contributed by atoms with Crippen molar-refractivity contribution in [2.45, 2.75) is 234 Å². The third kappa shape index (κ3) is 23.6. The molecule has 1 fully saturated rings. The van der Waals surface area contributed by atoms with Crippen molar-refractivity contribution in [2.24, 2.45) is 34.8 Å². The molecule has 0 heterocycles. The van der Waals surface area contributed by atoms with Crippen molar-refractivity contribution < 1.29 is 23.9 Å². The molecule has 1 aliphatic rings. The predicted molar refractivity (Wildman–Crippen MR) is 214 cm³/mol. The molecule has 1 saturated carbocycles. The minimum Gasteiger partial charge on any atom is -0.466 e. The number of carbonyl (C=O) groups excluding carboxylic acids is 3. The second-order valence-corrected chi connectivity index (χ2v) is 17.4. The van der Waals surface area contributed by atoms with Crippen molar-refractivity contribution in [1.82, 2.24) is 0 Å². The Labute approximate surface area is 316 Å². The molecular formula is C45H85NO5. The Kier molecular flexibility index (Phi) is 27.7. The Morgan fingerprint density at radius 3 is 1.55 bits per heavy atom. The minimum atomic E-state index is -0.292. The number of hydrogen-bond donors (Lipinski definition) is 1. The van der Waals surface area contributed by atoms with E-state index in [9.17, 15) is 14.4 Å². The molecule has 0 aromatic carbocycles. The summed E-state index contributed by atoms with van der Waals surface area (Å²) in [6.45, 7) is 14.0. The highest BCUT2D eigenvalue weighted by Crippen LogP contribution is 2.38. The lowest BCUT2D eigenvalue weighted by Gasteiger charge is -2.37. The van der Waals surface area contributed by atoms with Gasteiger partial charge in [0, 0.05) is 12.3 Å². The molecule has 0 spiro atoms. The van der Waals surface area contributed by atoms with Gasteiger partial charge in [-0.1, -0.05) is 176 Å². The van der Waals surface area contributed by atoms with Crippen LogP contribution in [0.2, 0.25) is 0 Å². The van der Waals surface area contributed by atoms with Crippen LogP contribution >= 0.6 is 0 Å². The molecule has 0 saturated heterocycles. The zero-order valence-corrected chi connectivity index (χ0v) is 34.7. The number of rotatable bonds is 33. The normalized spacial score (nSPS) is 17.5. The van der Waals surface area contributed by atoms with Gasteiger partial charge in [0.25, 0.3) is 0 Å². The SMILES string of the molecule is CCCCCCCCCCC(CCCCCCCCC(=O)OCCC(CCCCC)CCCCC)C(OC(=O)C1CCC(C(N)=O)C1)C(C)(C)C. The number of ether oxygens (including phenoxy) is 2. The molecule has 6 heteroatoms. The molecular weight excluding hydrogens is 634 g/mol. The maximum Gasteiger partial charge on any atom is 0.309 e. The highest BCUT2D eigenvalue weighted by molar-refractivity contribution is 5.80. The smallest absolute Gasteiger partial charge is 0.309 e. The second-order valence-electron chi connectivity index (χ2n) is 17.4. The molecule has 1 rings (SSSR count). The summed E-state index contributed by atoms with van der Waals surface area (Å²) < 4.78 is 12.0. The van der Waals surface area contributed by atoms with Crippen molar-refractivity contribution in [2.75, 3.05) is 6.61 Å². The van der Waals surface area contributed by atoms with Crippen LogP contribution in [0.4, 0.5) is 0 Å². The van der Waals surface area contributed by atoms with E-state index in [1.54, 1.807) is 0 Å². The highest BCUT2D eigenvalue weighted by atomic mass is 16.5. The predicted octanol–water partition coefficient (Wildman–Crippen LogP) is 12.8. The van der Waals surface area contributed by atoms with Gasteiger partial charge in [-0.25, -0.2) is 0 Å². The number of esters is 2. The average molecular weight is 720 g/mol. The number of amides is 1. The fourth-order valence-corrected chi connectivity index (χ4v) is 8.24. The first-order chi connectivity index (χ1) is 24.5. The van der Waals surface area contributed by atoms with Crippen LogP contribution in [0.15, 0.2) is 0 Å². The molecule has 4 atom stereocenters. The van der Waals surface area contributed by atoms with Crippen LogP contribution in [0.1, 0.15) is 228 Å². The van der Waals surface area contributed by atoms with Gasteiger partial charge in [0.1, 0.15) is 6.10 Å². The highest BCUT2D eigenvalue weighted by Gasteiger charge is 2.39. The van der Waals surface area contributed by atoms with E-state index in [0.29, 0.717) is 44.1 Å². The quantitative estimate of drug-likeness (QED) is 0.0538. The van der Waals surface area contributed by atoms with E-state index in [2.05, 4.69) is 41.5 Å². The monoisotopic (exact) mass is 720 g/mol. The summed E-state index contributed by atoms with van der Waals surface area (Å²) in [5.41, 5.74) is 5.41. The summed E-state index contributed by atoms with van der Waals surface area (Å²) in [6, 6.07) is 0. The summed E-state index contributed by atoms with van der Waals surface area (Å²) in [6.07, 6.45) is 32.8. The topological polar surface area (TPSA) is 95.7 Å². The van der Waals surface area contributed by atoms with Crippen molar-refractivity contribution in [3.63, 3.8) is 0 Å². The fourth-order valence-electron chi connectivity index (χ4n) is 8.24. The van der Waals surface area contributed by atoms with Gasteiger partial charge in [0.2, 0.25) is 5.91 Å². The largest absolute Gasteiger partial charge is 0.466 e. The van der Waals surface area contributed by atoms with Crippen LogP contribution in [-0.2, 0) is 23.9 Å². The molecule has 51 heavy (non-hydrogen) atoms. The Hall–Kier alpha value is -1.59. The zero-order valence-electron chi connectivity index (χ0n) is 34.7. The van der Waals surface area contributed by atoms with Crippen LogP contribution in [0.3, 0.4) is 0 Å². The summed E-state index contributed by atoms with van der Waals surface area (Å²) >= 11 is 0. The van der Waals surface area contributed by atoms with E-state index in [1.165, 1.54) is 116 Å². The second kappa shape index (κ2) is 29.8. The van der Waals surface area contributed by atoms with Crippen molar-refractivity contribution in [3.05, 3.63) is 0 Å². The molecule has 0 aliphatic heterocycles. The molecule has 300 valence electrons. The van der Waals surface area contributed by atoms with Gasteiger partial charge in [-0.3, -0.25) is 14.4 Å². The molecule has 2 N–H and O–H groups in total. The lowest BCUT2D eigenvalue weighted by molar-refractivity contribution is -0.165. The molecule has 0 aromatic rings. The number of unbranched alkanes of at least 4 members (excludes halogenated alkanes) is 16. The van der Waals surface area contributed by atoms with E-state index < -0.39 is 0 Å². The number of nitrogens with two attached hydrogens (primary N) is 1. The van der Waals surface area contributed by atoms with Gasteiger partial charge in [-0.15, -0.1) is 0 Å². The first kappa shape index (κ1) is 47.4. The molecule has 0 radical (unpaired) electrons. The van der Waals surface area contributed by atoms with Crippen LogP contribution in [-0.4, -0.2) is 30.6 Å². The van der Waals surface area contributed by atoms with E-state index in [4.69, 9.17) is 15.2 Å². The molecule has 4 unspecified atom stereocenters. The van der Waals surface area contributed by atoms with Gasteiger partial charge in [-0.05, 0) is 62.2 Å². The van der Waals surface area contributed by atoms with Crippen LogP contribution < -0.4 is 5.73 Å². The first-order valence-corrected chi connectivity index (χ1v) is 22.2. The van der Waals surface area contributed by atoms with Gasteiger partial charge in [0.15, 0.2) is 0 Å². The number of hydrogen-bond acceptors (Lipinski definition) is 5. The van der Waals surface area contributed by atoms with Crippen LogP contribution in [0.25, 0.3) is 0 Å². The third-order valence-corrected chi connectivity index (χ3v) is 11.5. The molecule has 0 aromatic heterocycles. The third-order valence-electron chi connectivity index (χ3n) is 11.5. The van der Waals surface area contributed by atoms with Crippen molar-refractivity contribution in [1.29, 1.82) is 0 Å². The summed E-state index contributed by atoms with van der Waals surface area (Å²) in [5, 5.41) is 0. The van der Waals surface area contributed by atoms with Crippen LogP contribution in [0.5, 0.6) is 0 Å². The first-order valence-electron chi connectivity index (χ1n) is 22.2. The lowest BCUT2D eigenvalue weighted by atomic mass is 9.76. The zero-order chi connectivity index (χ0) is 37.7. The minimum absolute atomic E-state index is 0.0230. The van der Waals surface area contributed by atoms with E-state index in [-0.39, 0.29) is 41.2 Å². The molecule has 1 amide bonds. The van der Waals surface area contributed by atoms with Gasteiger partial charge < -0.3 is 15.2 Å². The van der Waals surface area contributed by atoms with E-state index in [1.807, 2.05) is 0 Å². The number of carbonyl (C=O) groups is 3. The van der Waals surface area contributed by atoms with Gasteiger partial charge in [0.05, 0.1) is 12.5 Å². The Balaban J connectivity index is 2.50. The maximum atomic E-state index is 13.4. The average Bonchev–Trinajstić information content (AvgIpc) is 3.59. The lowest BCUT2D eigenvalue weighted by Crippen LogP contribution is -2.39. The fraction of sp³-hybridized carbons (Fsp3) is 0.933.